The van der Waals surface area contributed by atoms with Crippen molar-refractivity contribution in [2.24, 2.45) is 5.41 Å². The van der Waals surface area contributed by atoms with Gasteiger partial charge >= 0.3 is 6.18 Å². The average Bonchev–Trinajstić information content (AvgIpc) is 3.57. The molecule has 47 heavy (non-hydrogen) atoms. The van der Waals surface area contributed by atoms with Crippen molar-refractivity contribution in [1.29, 1.82) is 5.26 Å². The molecule has 0 radical (unpaired) electrons. The zero-order valence-corrected chi connectivity index (χ0v) is 26.7. The van der Waals surface area contributed by atoms with Gasteiger partial charge in [-0.2, -0.15) is 18.4 Å². The van der Waals surface area contributed by atoms with Gasteiger partial charge in [-0.15, -0.1) is 11.3 Å². The molecule has 1 atom stereocenters. The highest BCUT2D eigenvalue weighted by Gasteiger charge is 2.68. The molecule has 1 amide bonds. The fraction of sp³-hybridized carbons (Fsp3) is 0.515. The fourth-order valence-corrected chi connectivity index (χ4v) is 9.02. The number of benzene rings is 1. The lowest BCUT2D eigenvalue weighted by atomic mass is 9.39. The number of carbonyl (C=O) groups is 1. The van der Waals surface area contributed by atoms with Gasteiger partial charge in [-0.05, 0) is 73.8 Å². The van der Waals surface area contributed by atoms with Crippen LogP contribution >= 0.6 is 11.3 Å². The van der Waals surface area contributed by atoms with E-state index in [1.807, 2.05) is 6.07 Å². The maximum absolute atomic E-state index is 12.9. The summed E-state index contributed by atoms with van der Waals surface area (Å²) in [5.41, 5.74) is 3.67. The molecule has 1 aromatic carbocycles. The molecular weight excluding hydrogens is 631 g/mol. The van der Waals surface area contributed by atoms with Crippen LogP contribution in [-0.4, -0.2) is 79.1 Å². The second-order valence-electron chi connectivity index (χ2n) is 13.6. The Bertz CT molecular complexity index is 1870. The van der Waals surface area contributed by atoms with Crippen molar-refractivity contribution in [3.8, 4) is 6.07 Å². The Labute approximate surface area is 273 Å². The van der Waals surface area contributed by atoms with Crippen LogP contribution in [0.5, 0.6) is 0 Å². The van der Waals surface area contributed by atoms with Crippen molar-refractivity contribution in [2.75, 3.05) is 25.0 Å². The van der Waals surface area contributed by atoms with Crippen LogP contribution in [0.25, 0.3) is 21.1 Å². The summed E-state index contributed by atoms with van der Waals surface area (Å²) < 4.78 is 40.9. The number of piperidine rings is 1. The average molecular weight is 668 g/mol. The SMILES string of the molecule is Cc1c(CN2CCC(Nc3ncnc4sc(CC(F)(F)F)cc34)CC2)ccc2c1cc(C#N)n2CC12CC(NC(=O)C(O)CO)(C1)C2. The topological polar surface area (TPSA) is 139 Å². The van der Waals surface area contributed by atoms with E-state index in [2.05, 4.69) is 55.2 Å². The Morgan fingerprint density at radius 3 is 2.62 bits per heavy atom. The van der Waals surface area contributed by atoms with Crippen LogP contribution in [0, 0.1) is 23.7 Å². The Hall–Kier alpha value is -3.77. The fourth-order valence-electron chi connectivity index (χ4n) is 7.99. The molecule has 248 valence electrons. The number of aromatic nitrogens is 3. The molecule has 4 aliphatic rings. The lowest BCUT2D eigenvalue weighted by Crippen LogP contribution is -2.76. The summed E-state index contributed by atoms with van der Waals surface area (Å²) in [6.07, 6.45) is -1.17. The van der Waals surface area contributed by atoms with Crippen LogP contribution in [0.4, 0.5) is 19.0 Å². The quantitative estimate of drug-likeness (QED) is 0.195. The minimum atomic E-state index is -4.27. The highest BCUT2D eigenvalue weighted by molar-refractivity contribution is 7.18. The zero-order chi connectivity index (χ0) is 33.1. The number of nitrogens with one attached hydrogen (secondary N) is 2. The lowest BCUT2D eigenvalue weighted by Gasteiger charge is -2.71. The number of rotatable bonds is 10. The third-order valence-corrected chi connectivity index (χ3v) is 11.2. The number of carbonyl (C=O) groups excluding carboxylic acids is 1. The van der Waals surface area contributed by atoms with Crippen LogP contribution in [0.3, 0.4) is 0 Å². The zero-order valence-electron chi connectivity index (χ0n) is 25.9. The van der Waals surface area contributed by atoms with Crippen LogP contribution in [-0.2, 0) is 24.3 Å². The Balaban J connectivity index is 0.977. The number of aryl methyl sites for hydroxylation is 1. The summed E-state index contributed by atoms with van der Waals surface area (Å²) in [6.45, 7) is 4.67. The number of aliphatic hydroxyl groups excluding tert-OH is 2. The van der Waals surface area contributed by atoms with E-state index < -0.39 is 31.2 Å². The molecule has 10 nitrogen and oxygen atoms in total. The molecule has 4 N–H and O–H groups in total. The molecule has 3 aromatic heterocycles. The second kappa shape index (κ2) is 11.7. The van der Waals surface area contributed by atoms with Gasteiger partial charge in [0, 0.05) is 53.5 Å². The van der Waals surface area contributed by atoms with E-state index in [4.69, 9.17) is 5.11 Å². The number of hydrogen-bond donors (Lipinski definition) is 4. The molecule has 3 aliphatic carbocycles. The molecule has 4 heterocycles. The standard InChI is InChI=1S/C33H36F3N7O3S/c1-19-20(12-42-6-4-21(5-7-42)40-28-25-9-23(10-33(34,35)36)47-30(25)39-18-38-28)2-3-26-24(19)8-22(11-37)43(26)17-31-14-32(15-31,16-31)41-29(46)27(45)13-44/h2-3,8-9,18,21,27,44-45H,4-7,10,12-17H2,1H3,(H,41,46)(H,38,39,40). The summed E-state index contributed by atoms with van der Waals surface area (Å²) in [5, 5.41) is 36.7. The van der Waals surface area contributed by atoms with E-state index in [0.29, 0.717) is 28.3 Å². The van der Waals surface area contributed by atoms with Crippen molar-refractivity contribution in [2.45, 2.75) is 82.4 Å². The van der Waals surface area contributed by atoms with Gasteiger partial charge in [-0.1, -0.05) is 6.07 Å². The first kappa shape index (κ1) is 31.8. The molecular formula is C33H36F3N7O3S. The van der Waals surface area contributed by atoms with Gasteiger partial charge in [0.1, 0.15) is 28.7 Å². The third-order valence-electron chi connectivity index (χ3n) is 10.2. The molecule has 1 unspecified atom stereocenters. The summed E-state index contributed by atoms with van der Waals surface area (Å²) >= 11 is 1.05. The minimum absolute atomic E-state index is 0.00624. The monoisotopic (exact) mass is 667 g/mol. The van der Waals surface area contributed by atoms with Gasteiger partial charge in [0.2, 0.25) is 0 Å². The molecule has 8 rings (SSSR count). The van der Waals surface area contributed by atoms with E-state index in [-0.39, 0.29) is 21.9 Å². The first-order valence-electron chi connectivity index (χ1n) is 15.8. The number of aliphatic hydroxyl groups is 2. The Kier molecular flexibility index (Phi) is 7.94. The number of thiophene rings is 1. The largest absolute Gasteiger partial charge is 0.393 e. The number of nitrogens with zero attached hydrogens (tertiary/aromatic N) is 5. The molecule has 1 aliphatic heterocycles. The van der Waals surface area contributed by atoms with E-state index in [1.54, 1.807) is 6.07 Å². The highest BCUT2D eigenvalue weighted by atomic mass is 32.1. The number of hydrogen-bond acceptors (Lipinski definition) is 9. The predicted molar refractivity (Wildman–Crippen MR) is 171 cm³/mol. The van der Waals surface area contributed by atoms with Crippen molar-refractivity contribution in [1.82, 2.24) is 24.8 Å². The summed E-state index contributed by atoms with van der Waals surface area (Å²) in [7, 11) is 0. The van der Waals surface area contributed by atoms with E-state index >= 15 is 0 Å². The number of halogens is 3. The molecule has 3 saturated carbocycles. The van der Waals surface area contributed by atoms with Crippen LogP contribution in [0.1, 0.15) is 53.8 Å². The summed E-state index contributed by atoms with van der Waals surface area (Å²) in [5.74, 6) is 0.0389. The molecule has 1 saturated heterocycles. The Morgan fingerprint density at radius 2 is 1.94 bits per heavy atom. The second-order valence-corrected chi connectivity index (χ2v) is 14.8. The number of alkyl halides is 3. The third kappa shape index (κ3) is 6.06. The number of likely N-dealkylation sites (tertiary alicyclic amines) is 1. The molecule has 14 heteroatoms. The number of fused-ring (bicyclic) bond motifs is 2. The number of amides is 1. The first-order chi connectivity index (χ1) is 22.4. The van der Waals surface area contributed by atoms with Crippen LogP contribution < -0.4 is 10.6 Å². The minimum Gasteiger partial charge on any atom is -0.393 e. The lowest BCUT2D eigenvalue weighted by molar-refractivity contribution is -0.176. The van der Waals surface area contributed by atoms with Crippen molar-refractivity contribution < 1.29 is 28.2 Å². The smallest absolute Gasteiger partial charge is 0.393 e. The predicted octanol–water partition coefficient (Wildman–Crippen LogP) is 4.40. The molecule has 0 spiro atoms. The van der Waals surface area contributed by atoms with Gasteiger partial charge in [-0.3, -0.25) is 9.69 Å². The maximum atomic E-state index is 12.9. The maximum Gasteiger partial charge on any atom is 0.393 e. The highest BCUT2D eigenvalue weighted by Crippen LogP contribution is 2.68. The first-order valence-corrected chi connectivity index (χ1v) is 16.6. The molecule has 2 bridgehead atoms. The van der Waals surface area contributed by atoms with Gasteiger partial charge in [0.15, 0.2) is 6.10 Å². The van der Waals surface area contributed by atoms with Crippen molar-refractivity contribution >= 4 is 44.2 Å². The van der Waals surface area contributed by atoms with Gasteiger partial charge in [-0.25, -0.2) is 9.97 Å². The molecule has 4 fully saturated rings. The van der Waals surface area contributed by atoms with E-state index in [0.717, 1.165) is 79.5 Å². The van der Waals surface area contributed by atoms with Crippen molar-refractivity contribution in [3.63, 3.8) is 0 Å². The van der Waals surface area contributed by atoms with E-state index in [9.17, 15) is 28.3 Å². The number of nitriles is 1. The Morgan fingerprint density at radius 1 is 1.19 bits per heavy atom. The van der Waals surface area contributed by atoms with Gasteiger partial charge < -0.3 is 25.4 Å². The normalized spacial score (nSPS) is 23.7. The van der Waals surface area contributed by atoms with Gasteiger partial charge in [0.25, 0.3) is 5.91 Å². The summed E-state index contributed by atoms with van der Waals surface area (Å²) in [6, 6.07) is 10.3. The molecule has 4 aromatic rings. The van der Waals surface area contributed by atoms with Crippen LogP contribution in [0.2, 0.25) is 0 Å². The van der Waals surface area contributed by atoms with Gasteiger partial charge in [0.05, 0.1) is 18.4 Å². The summed E-state index contributed by atoms with van der Waals surface area (Å²) in [4.78, 5) is 23.8. The van der Waals surface area contributed by atoms with E-state index in [1.165, 1.54) is 11.9 Å². The van der Waals surface area contributed by atoms with Crippen LogP contribution in [0.15, 0.2) is 30.6 Å². The van der Waals surface area contributed by atoms with Crippen molar-refractivity contribution in [3.05, 3.63) is 52.3 Å². The number of anilines is 1.